The van der Waals surface area contributed by atoms with Gasteiger partial charge >= 0.3 is 0 Å². The maximum absolute atomic E-state index is 12.2. The zero-order valence-corrected chi connectivity index (χ0v) is 14.2. The number of nitrogens with one attached hydrogen (secondary N) is 1. The van der Waals surface area contributed by atoms with Crippen LogP contribution in [0.4, 0.5) is 0 Å². The molecular formula is C18H23N5O2. The molecule has 0 radical (unpaired) electrons. The van der Waals surface area contributed by atoms with Crippen LogP contribution in [-0.2, 0) is 4.79 Å². The number of rotatable bonds is 6. The van der Waals surface area contributed by atoms with Crippen LogP contribution in [0.15, 0.2) is 36.5 Å². The second kappa shape index (κ2) is 8.41. The molecule has 0 bridgehead atoms. The Morgan fingerprint density at radius 1 is 1.16 bits per heavy atom. The molecule has 0 saturated carbocycles. The number of likely N-dealkylation sites (tertiary alicyclic amines) is 1. The van der Waals surface area contributed by atoms with Gasteiger partial charge in [-0.3, -0.25) is 9.59 Å². The van der Waals surface area contributed by atoms with E-state index in [9.17, 15) is 9.59 Å². The van der Waals surface area contributed by atoms with Gasteiger partial charge in [0.05, 0.1) is 11.9 Å². The smallest absolute Gasteiger partial charge is 0.273 e. The highest BCUT2D eigenvalue weighted by Crippen LogP contribution is 2.11. The predicted molar refractivity (Wildman–Crippen MR) is 93.4 cm³/mol. The summed E-state index contributed by atoms with van der Waals surface area (Å²) in [5, 5.41) is 11.2. The maximum atomic E-state index is 12.2. The van der Waals surface area contributed by atoms with Crippen molar-refractivity contribution >= 4 is 11.8 Å². The van der Waals surface area contributed by atoms with Crippen LogP contribution >= 0.6 is 0 Å². The molecule has 1 aliphatic heterocycles. The summed E-state index contributed by atoms with van der Waals surface area (Å²) in [6, 6.07) is 9.45. The van der Waals surface area contributed by atoms with Crippen LogP contribution in [0.2, 0.25) is 0 Å². The third-order valence-corrected chi connectivity index (χ3v) is 4.27. The van der Waals surface area contributed by atoms with E-state index in [0.717, 1.165) is 37.9 Å². The van der Waals surface area contributed by atoms with Crippen molar-refractivity contribution in [2.75, 3.05) is 19.6 Å². The number of carbonyl (C=O) groups excluding carboxylic acids is 2. The first-order valence-corrected chi connectivity index (χ1v) is 8.78. The molecule has 1 aromatic heterocycles. The first kappa shape index (κ1) is 17.1. The van der Waals surface area contributed by atoms with Crippen molar-refractivity contribution in [3.05, 3.63) is 42.2 Å². The largest absolute Gasteiger partial charge is 0.351 e. The topological polar surface area (TPSA) is 80.1 Å². The minimum atomic E-state index is -0.246. The normalized spacial score (nSPS) is 15.0. The lowest BCUT2D eigenvalue weighted by atomic mass is 10.2. The van der Waals surface area contributed by atoms with Crippen LogP contribution in [0.25, 0.3) is 5.69 Å². The molecule has 2 heterocycles. The Balaban J connectivity index is 1.45. The Hall–Kier alpha value is -2.70. The number of hydrogen-bond donors (Lipinski definition) is 1. The first-order chi connectivity index (χ1) is 12.2. The van der Waals surface area contributed by atoms with Crippen LogP contribution < -0.4 is 5.32 Å². The van der Waals surface area contributed by atoms with Gasteiger partial charge in [0.2, 0.25) is 5.91 Å². The van der Waals surface area contributed by atoms with Crippen molar-refractivity contribution in [3.8, 4) is 5.69 Å². The van der Waals surface area contributed by atoms with E-state index in [1.807, 2.05) is 35.2 Å². The van der Waals surface area contributed by atoms with Gasteiger partial charge in [0.1, 0.15) is 0 Å². The quantitative estimate of drug-likeness (QED) is 0.812. The van der Waals surface area contributed by atoms with Crippen LogP contribution in [0.1, 0.15) is 42.6 Å². The molecule has 0 spiro atoms. The highest BCUT2D eigenvalue weighted by atomic mass is 16.2. The lowest BCUT2D eigenvalue weighted by Gasteiger charge is -2.20. The molecule has 25 heavy (non-hydrogen) atoms. The van der Waals surface area contributed by atoms with Crippen molar-refractivity contribution in [3.63, 3.8) is 0 Å². The third-order valence-electron chi connectivity index (χ3n) is 4.27. The van der Waals surface area contributed by atoms with E-state index in [0.29, 0.717) is 19.5 Å². The Bertz CT molecular complexity index is 713. The highest BCUT2D eigenvalue weighted by Gasteiger charge is 2.16. The molecule has 2 amide bonds. The molecule has 1 N–H and O–H groups in total. The molecule has 0 unspecified atom stereocenters. The summed E-state index contributed by atoms with van der Waals surface area (Å²) in [5.41, 5.74) is 1.09. The molecular weight excluding hydrogens is 318 g/mol. The average Bonchev–Trinajstić information content (AvgIpc) is 3.05. The van der Waals surface area contributed by atoms with Crippen molar-refractivity contribution in [1.82, 2.24) is 25.2 Å². The number of hydrogen-bond acceptors (Lipinski definition) is 4. The molecule has 0 aliphatic carbocycles. The fraction of sp³-hybridized carbons (Fsp3) is 0.444. The Labute approximate surface area is 147 Å². The van der Waals surface area contributed by atoms with Crippen molar-refractivity contribution < 1.29 is 9.59 Å². The van der Waals surface area contributed by atoms with Gasteiger partial charge in [0.25, 0.3) is 5.91 Å². The van der Waals surface area contributed by atoms with Gasteiger partial charge < -0.3 is 10.2 Å². The molecule has 1 aromatic carbocycles. The summed E-state index contributed by atoms with van der Waals surface area (Å²) in [6.45, 7) is 2.04. The molecule has 0 atom stereocenters. The Kier molecular flexibility index (Phi) is 5.77. The standard InChI is InChI=1S/C18H23N5O2/c24-17-10-5-2-6-12-22(17)13-7-11-19-18(25)16-14-20-23(21-16)15-8-3-1-4-9-15/h1,3-4,8-9,14H,2,5-7,10-13H2,(H,19,25). The predicted octanol–water partition coefficient (Wildman–Crippen LogP) is 1.79. The molecule has 1 saturated heterocycles. The second-order valence-electron chi connectivity index (χ2n) is 6.16. The van der Waals surface area contributed by atoms with Crippen molar-refractivity contribution in [2.45, 2.75) is 32.1 Å². The summed E-state index contributed by atoms with van der Waals surface area (Å²) < 4.78 is 0. The highest BCUT2D eigenvalue weighted by molar-refractivity contribution is 5.91. The Morgan fingerprint density at radius 3 is 2.84 bits per heavy atom. The van der Waals surface area contributed by atoms with E-state index in [1.165, 1.54) is 11.0 Å². The lowest BCUT2D eigenvalue weighted by Crippen LogP contribution is -2.34. The van der Waals surface area contributed by atoms with Gasteiger partial charge in [0.15, 0.2) is 5.69 Å². The number of aromatic nitrogens is 3. The molecule has 132 valence electrons. The molecule has 1 aliphatic rings. The molecule has 1 fully saturated rings. The van der Waals surface area contributed by atoms with E-state index in [4.69, 9.17) is 0 Å². The monoisotopic (exact) mass is 341 g/mol. The summed E-state index contributed by atoms with van der Waals surface area (Å²) in [6.07, 6.45) is 6.03. The van der Waals surface area contributed by atoms with E-state index in [2.05, 4.69) is 15.5 Å². The minimum Gasteiger partial charge on any atom is -0.351 e. The number of nitrogens with zero attached hydrogens (tertiary/aromatic N) is 4. The van der Waals surface area contributed by atoms with Crippen LogP contribution in [-0.4, -0.2) is 51.3 Å². The van der Waals surface area contributed by atoms with Crippen molar-refractivity contribution in [2.24, 2.45) is 0 Å². The van der Waals surface area contributed by atoms with Gasteiger partial charge in [-0.15, -0.1) is 5.10 Å². The fourth-order valence-corrected chi connectivity index (χ4v) is 2.89. The number of amides is 2. The first-order valence-electron chi connectivity index (χ1n) is 8.78. The lowest BCUT2D eigenvalue weighted by molar-refractivity contribution is -0.130. The number of benzene rings is 1. The summed E-state index contributed by atoms with van der Waals surface area (Å²) in [7, 11) is 0. The fourth-order valence-electron chi connectivity index (χ4n) is 2.89. The minimum absolute atomic E-state index is 0.231. The van der Waals surface area contributed by atoms with E-state index in [-0.39, 0.29) is 17.5 Å². The maximum Gasteiger partial charge on any atom is 0.273 e. The Morgan fingerprint density at radius 2 is 2.00 bits per heavy atom. The zero-order valence-electron chi connectivity index (χ0n) is 14.2. The van der Waals surface area contributed by atoms with Gasteiger partial charge in [-0.05, 0) is 31.4 Å². The second-order valence-corrected chi connectivity index (χ2v) is 6.16. The average molecular weight is 341 g/mol. The number of carbonyl (C=O) groups is 2. The summed E-state index contributed by atoms with van der Waals surface area (Å²) in [4.78, 5) is 27.4. The molecule has 7 heteroatoms. The van der Waals surface area contributed by atoms with Crippen LogP contribution in [0.3, 0.4) is 0 Å². The SMILES string of the molecule is O=C(NCCCN1CCCCCC1=O)c1cnn(-c2ccccc2)n1. The third kappa shape index (κ3) is 4.65. The van der Waals surface area contributed by atoms with Gasteiger partial charge in [-0.2, -0.15) is 9.90 Å². The van der Waals surface area contributed by atoms with E-state index in [1.54, 1.807) is 0 Å². The number of para-hydroxylation sites is 1. The van der Waals surface area contributed by atoms with Crippen LogP contribution in [0, 0.1) is 0 Å². The summed E-state index contributed by atoms with van der Waals surface area (Å²) >= 11 is 0. The van der Waals surface area contributed by atoms with Crippen molar-refractivity contribution in [1.29, 1.82) is 0 Å². The van der Waals surface area contributed by atoms with Gasteiger partial charge in [-0.1, -0.05) is 24.6 Å². The summed E-state index contributed by atoms with van der Waals surface area (Å²) in [5.74, 6) is -0.0148. The van der Waals surface area contributed by atoms with Gasteiger partial charge in [0, 0.05) is 26.1 Å². The molecule has 3 rings (SSSR count). The molecule has 7 nitrogen and oxygen atoms in total. The van der Waals surface area contributed by atoms with Crippen LogP contribution in [0.5, 0.6) is 0 Å². The molecule has 2 aromatic rings. The van der Waals surface area contributed by atoms with E-state index < -0.39 is 0 Å². The zero-order chi connectivity index (χ0) is 17.5. The van der Waals surface area contributed by atoms with E-state index >= 15 is 0 Å². The van der Waals surface area contributed by atoms with Gasteiger partial charge in [-0.25, -0.2) is 0 Å².